The summed E-state index contributed by atoms with van der Waals surface area (Å²) >= 11 is 5.12. The maximum absolute atomic E-state index is 5.77. The van der Waals surface area contributed by atoms with Gasteiger partial charge in [-0.3, -0.25) is 4.98 Å². The number of rotatable bonds is 1. The fourth-order valence-corrected chi connectivity index (χ4v) is 2.63. The molecule has 2 rings (SSSR count). The van der Waals surface area contributed by atoms with E-state index in [4.69, 9.17) is 18.0 Å². The van der Waals surface area contributed by atoms with Gasteiger partial charge >= 0.3 is 0 Å². The van der Waals surface area contributed by atoms with Crippen LogP contribution in [0, 0.1) is 13.8 Å². The molecule has 1 atom stereocenters. The minimum atomic E-state index is 0.197. The standard InChI is InChI=1S/C12H16N2S/c1-7-6-8(2)14-11-9(7)4-3-5-10(11)12(13)15/h6,10H,3-5H2,1-2H3,(H2,13,15). The van der Waals surface area contributed by atoms with Gasteiger partial charge in [-0.15, -0.1) is 0 Å². The highest BCUT2D eigenvalue weighted by Gasteiger charge is 2.25. The Bertz CT molecular complexity index is 412. The lowest BCUT2D eigenvalue weighted by molar-refractivity contribution is 0.628. The van der Waals surface area contributed by atoms with Gasteiger partial charge in [-0.05, 0) is 50.3 Å². The SMILES string of the molecule is Cc1cc(C)c2c(n1)C(C(N)=S)CCC2. The predicted octanol–water partition coefficient (Wildman–Crippen LogP) is 2.40. The van der Waals surface area contributed by atoms with Crippen molar-refractivity contribution in [3.8, 4) is 0 Å². The smallest absolute Gasteiger partial charge is 0.0819 e. The molecule has 80 valence electrons. The molecule has 1 unspecified atom stereocenters. The Morgan fingerprint density at radius 3 is 2.93 bits per heavy atom. The van der Waals surface area contributed by atoms with Crippen molar-refractivity contribution in [2.24, 2.45) is 5.73 Å². The fraction of sp³-hybridized carbons (Fsp3) is 0.500. The molecule has 0 fully saturated rings. The minimum absolute atomic E-state index is 0.197. The summed E-state index contributed by atoms with van der Waals surface area (Å²) in [7, 11) is 0. The zero-order valence-corrected chi connectivity index (χ0v) is 10.0. The summed E-state index contributed by atoms with van der Waals surface area (Å²) in [5, 5.41) is 0. The summed E-state index contributed by atoms with van der Waals surface area (Å²) in [6.07, 6.45) is 3.34. The molecule has 2 N–H and O–H groups in total. The molecular formula is C12H16N2S. The van der Waals surface area contributed by atoms with Gasteiger partial charge in [0.25, 0.3) is 0 Å². The topological polar surface area (TPSA) is 38.9 Å². The molecule has 0 bridgehead atoms. The van der Waals surface area contributed by atoms with Crippen LogP contribution in [-0.2, 0) is 6.42 Å². The number of hydrogen-bond donors (Lipinski definition) is 1. The van der Waals surface area contributed by atoms with Crippen molar-refractivity contribution in [3.05, 3.63) is 28.6 Å². The molecule has 1 heterocycles. The Morgan fingerprint density at radius 1 is 1.53 bits per heavy atom. The first-order valence-electron chi connectivity index (χ1n) is 5.36. The second-order valence-corrected chi connectivity index (χ2v) is 4.76. The zero-order chi connectivity index (χ0) is 11.0. The van der Waals surface area contributed by atoms with Gasteiger partial charge in [0.1, 0.15) is 0 Å². The van der Waals surface area contributed by atoms with Crippen LogP contribution < -0.4 is 5.73 Å². The molecule has 1 aromatic heterocycles. The highest BCUT2D eigenvalue weighted by molar-refractivity contribution is 7.80. The molecule has 3 heteroatoms. The molecule has 0 radical (unpaired) electrons. The fourth-order valence-electron chi connectivity index (χ4n) is 2.40. The molecule has 2 nitrogen and oxygen atoms in total. The van der Waals surface area contributed by atoms with Crippen molar-refractivity contribution in [1.82, 2.24) is 4.98 Å². The lowest BCUT2D eigenvalue weighted by Gasteiger charge is -2.25. The second kappa shape index (κ2) is 3.89. The maximum Gasteiger partial charge on any atom is 0.0819 e. The number of aryl methyl sites for hydroxylation is 2. The van der Waals surface area contributed by atoms with E-state index in [2.05, 4.69) is 18.0 Å². The first-order chi connectivity index (χ1) is 7.09. The molecule has 0 saturated heterocycles. The molecule has 0 aromatic carbocycles. The van der Waals surface area contributed by atoms with E-state index in [0.717, 1.165) is 24.2 Å². The maximum atomic E-state index is 5.77. The summed E-state index contributed by atoms with van der Waals surface area (Å²) in [6.45, 7) is 4.17. The average molecular weight is 220 g/mol. The number of thiocarbonyl (C=S) groups is 1. The van der Waals surface area contributed by atoms with Gasteiger partial charge in [-0.25, -0.2) is 0 Å². The molecule has 0 aliphatic heterocycles. The van der Waals surface area contributed by atoms with Crippen LogP contribution >= 0.6 is 12.2 Å². The van der Waals surface area contributed by atoms with Crippen LogP contribution in [0.5, 0.6) is 0 Å². The third-order valence-corrected chi connectivity index (χ3v) is 3.39. The normalized spacial score (nSPS) is 19.7. The highest BCUT2D eigenvalue weighted by atomic mass is 32.1. The zero-order valence-electron chi connectivity index (χ0n) is 9.21. The summed E-state index contributed by atoms with van der Waals surface area (Å²) in [6, 6.07) is 2.14. The van der Waals surface area contributed by atoms with E-state index in [1.165, 1.54) is 17.5 Å². The summed E-state index contributed by atoms with van der Waals surface area (Å²) in [5.41, 5.74) is 10.7. The molecule has 1 aromatic rings. The minimum Gasteiger partial charge on any atom is -0.393 e. The molecule has 0 spiro atoms. The average Bonchev–Trinajstić information content (AvgIpc) is 2.16. The number of nitrogens with two attached hydrogens (primary N) is 1. The van der Waals surface area contributed by atoms with Crippen molar-refractivity contribution in [2.75, 3.05) is 0 Å². The molecule has 0 amide bonds. The monoisotopic (exact) mass is 220 g/mol. The molecule has 1 aliphatic carbocycles. The Balaban J connectivity index is 2.55. The predicted molar refractivity (Wildman–Crippen MR) is 66.2 cm³/mol. The lowest BCUT2D eigenvalue weighted by atomic mass is 9.84. The summed E-state index contributed by atoms with van der Waals surface area (Å²) in [4.78, 5) is 5.20. The van der Waals surface area contributed by atoms with E-state index in [-0.39, 0.29) is 5.92 Å². The first-order valence-corrected chi connectivity index (χ1v) is 5.76. The first kappa shape index (κ1) is 10.6. The second-order valence-electron chi connectivity index (χ2n) is 4.29. The Kier molecular flexibility index (Phi) is 2.74. The molecule has 1 aliphatic rings. The number of fused-ring (bicyclic) bond motifs is 1. The van der Waals surface area contributed by atoms with E-state index in [1.807, 2.05) is 6.92 Å². The van der Waals surface area contributed by atoms with Gasteiger partial charge in [-0.2, -0.15) is 0 Å². The van der Waals surface area contributed by atoms with E-state index in [1.54, 1.807) is 0 Å². The van der Waals surface area contributed by atoms with Crippen molar-refractivity contribution < 1.29 is 0 Å². The third kappa shape index (κ3) is 1.88. The Hall–Kier alpha value is -0.960. The number of aromatic nitrogens is 1. The number of pyridine rings is 1. The van der Waals surface area contributed by atoms with E-state index in [0.29, 0.717) is 4.99 Å². The van der Waals surface area contributed by atoms with Crippen LogP contribution in [-0.4, -0.2) is 9.97 Å². The largest absolute Gasteiger partial charge is 0.393 e. The van der Waals surface area contributed by atoms with Crippen molar-refractivity contribution in [2.45, 2.75) is 39.0 Å². The number of hydrogen-bond acceptors (Lipinski definition) is 2. The Morgan fingerprint density at radius 2 is 2.27 bits per heavy atom. The summed E-state index contributed by atoms with van der Waals surface area (Å²) < 4.78 is 0. The van der Waals surface area contributed by atoms with Crippen LogP contribution in [0.1, 0.15) is 41.3 Å². The van der Waals surface area contributed by atoms with Gasteiger partial charge in [0.2, 0.25) is 0 Å². The van der Waals surface area contributed by atoms with Crippen LogP contribution in [0.4, 0.5) is 0 Å². The van der Waals surface area contributed by atoms with Gasteiger partial charge in [0.15, 0.2) is 0 Å². The van der Waals surface area contributed by atoms with Gasteiger partial charge in [-0.1, -0.05) is 12.2 Å². The van der Waals surface area contributed by atoms with Crippen LogP contribution in [0.25, 0.3) is 0 Å². The third-order valence-electron chi connectivity index (χ3n) is 3.10. The molecule has 15 heavy (non-hydrogen) atoms. The van der Waals surface area contributed by atoms with Crippen molar-refractivity contribution in [1.29, 1.82) is 0 Å². The quantitative estimate of drug-likeness (QED) is 0.739. The van der Waals surface area contributed by atoms with Crippen LogP contribution in [0.15, 0.2) is 6.07 Å². The van der Waals surface area contributed by atoms with Crippen LogP contribution in [0.2, 0.25) is 0 Å². The van der Waals surface area contributed by atoms with Gasteiger partial charge < -0.3 is 5.73 Å². The highest BCUT2D eigenvalue weighted by Crippen LogP contribution is 2.32. The Labute approximate surface area is 95.9 Å². The number of nitrogens with zero attached hydrogens (tertiary/aromatic N) is 1. The molecule has 0 saturated carbocycles. The van der Waals surface area contributed by atoms with E-state index >= 15 is 0 Å². The van der Waals surface area contributed by atoms with Crippen molar-refractivity contribution >= 4 is 17.2 Å². The van der Waals surface area contributed by atoms with E-state index < -0.39 is 0 Å². The van der Waals surface area contributed by atoms with E-state index in [9.17, 15) is 0 Å². The lowest BCUT2D eigenvalue weighted by Crippen LogP contribution is -2.25. The molecular weight excluding hydrogens is 204 g/mol. The summed E-state index contributed by atoms with van der Waals surface area (Å²) in [5.74, 6) is 0.197. The van der Waals surface area contributed by atoms with Crippen molar-refractivity contribution in [3.63, 3.8) is 0 Å². The van der Waals surface area contributed by atoms with Gasteiger partial charge in [0, 0.05) is 5.69 Å². The van der Waals surface area contributed by atoms with Crippen LogP contribution in [0.3, 0.4) is 0 Å². The van der Waals surface area contributed by atoms with Gasteiger partial charge in [0.05, 0.1) is 16.6 Å².